The van der Waals surface area contributed by atoms with Crippen molar-refractivity contribution in [1.29, 1.82) is 0 Å². The van der Waals surface area contributed by atoms with Gasteiger partial charge in [-0.25, -0.2) is 5.01 Å². The minimum Gasteiger partial charge on any atom is -0.267 e. The molecule has 1 heterocycles. The molecule has 0 radical (unpaired) electrons. The Labute approximate surface area is 58.1 Å². The molecule has 48 valence electrons. The highest BCUT2D eigenvalue weighted by molar-refractivity contribution is 8.03. The lowest BCUT2D eigenvalue weighted by atomic mass is 10.7. The Morgan fingerprint density at radius 2 is 2.62 bits per heavy atom. The summed E-state index contributed by atoms with van der Waals surface area (Å²) in [6.07, 6.45) is 2.09. The first kappa shape index (κ1) is 6.74. The Balaban J connectivity index is 2.30. The molecular formula is C4H10N2S2. The van der Waals surface area contributed by atoms with Crippen molar-refractivity contribution in [2.24, 2.45) is 5.84 Å². The molecule has 1 unspecified atom stereocenters. The van der Waals surface area contributed by atoms with Crippen LogP contribution in [0, 0.1) is 0 Å². The summed E-state index contributed by atoms with van der Waals surface area (Å²) >= 11 is 3.72. The maximum Gasteiger partial charge on any atom is 0.0791 e. The summed E-state index contributed by atoms with van der Waals surface area (Å²) in [6, 6.07) is 0. The van der Waals surface area contributed by atoms with Crippen LogP contribution in [0.2, 0.25) is 0 Å². The van der Waals surface area contributed by atoms with Crippen LogP contribution in [0.15, 0.2) is 0 Å². The standard InChI is InChI=1S/C4H10N2S2/c1-7-4-2-8-3-6(4)5/h4H,2-3,5H2,1H3. The first-order valence-electron chi connectivity index (χ1n) is 2.46. The molecule has 0 aromatic carbocycles. The molecule has 1 fully saturated rings. The molecule has 2 N–H and O–H groups in total. The molecule has 1 aliphatic heterocycles. The van der Waals surface area contributed by atoms with Gasteiger partial charge >= 0.3 is 0 Å². The lowest BCUT2D eigenvalue weighted by Gasteiger charge is -2.13. The fourth-order valence-electron chi connectivity index (χ4n) is 0.641. The van der Waals surface area contributed by atoms with Crippen molar-refractivity contribution in [2.45, 2.75) is 5.37 Å². The van der Waals surface area contributed by atoms with E-state index in [9.17, 15) is 0 Å². The van der Waals surface area contributed by atoms with Crippen molar-refractivity contribution in [3.05, 3.63) is 0 Å². The summed E-state index contributed by atoms with van der Waals surface area (Å²) < 4.78 is 0. The number of hydrazine groups is 1. The van der Waals surface area contributed by atoms with Crippen LogP contribution >= 0.6 is 23.5 Å². The largest absolute Gasteiger partial charge is 0.267 e. The van der Waals surface area contributed by atoms with E-state index in [0.29, 0.717) is 5.37 Å². The van der Waals surface area contributed by atoms with E-state index >= 15 is 0 Å². The van der Waals surface area contributed by atoms with E-state index in [1.807, 2.05) is 28.5 Å². The van der Waals surface area contributed by atoms with Crippen LogP contribution in [0.1, 0.15) is 0 Å². The molecule has 8 heavy (non-hydrogen) atoms. The SMILES string of the molecule is CSC1CSCN1N. The molecule has 0 spiro atoms. The molecule has 1 saturated heterocycles. The minimum absolute atomic E-state index is 0.556. The molecule has 0 bridgehead atoms. The summed E-state index contributed by atoms with van der Waals surface area (Å²) in [5, 5.41) is 2.44. The molecule has 0 aromatic heterocycles. The molecule has 1 rings (SSSR count). The predicted molar refractivity (Wildman–Crippen MR) is 40.7 cm³/mol. The number of nitrogens with zero attached hydrogens (tertiary/aromatic N) is 1. The topological polar surface area (TPSA) is 29.3 Å². The minimum atomic E-state index is 0.556. The average molecular weight is 150 g/mol. The Kier molecular flexibility index (Phi) is 2.49. The predicted octanol–water partition coefficient (Wildman–Crippen LogP) is 0.556. The maximum atomic E-state index is 5.58. The van der Waals surface area contributed by atoms with Gasteiger partial charge in [-0.05, 0) is 6.26 Å². The van der Waals surface area contributed by atoms with Crippen LogP contribution in [0.4, 0.5) is 0 Å². The van der Waals surface area contributed by atoms with Gasteiger partial charge in [0.2, 0.25) is 0 Å². The summed E-state index contributed by atoms with van der Waals surface area (Å²) in [6.45, 7) is 0. The fourth-order valence-corrected chi connectivity index (χ4v) is 2.80. The van der Waals surface area contributed by atoms with Gasteiger partial charge in [0.05, 0.1) is 11.3 Å². The van der Waals surface area contributed by atoms with Crippen LogP contribution < -0.4 is 5.84 Å². The summed E-state index contributed by atoms with van der Waals surface area (Å²) in [4.78, 5) is 0. The first-order chi connectivity index (χ1) is 3.84. The number of hydrogen-bond acceptors (Lipinski definition) is 4. The molecule has 2 nitrogen and oxygen atoms in total. The zero-order chi connectivity index (χ0) is 5.98. The van der Waals surface area contributed by atoms with Crippen molar-refractivity contribution in [3.8, 4) is 0 Å². The second kappa shape index (κ2) is 2.96. The second-order valence-electron chi connectivity index (χ2n) is 1.70. The molecule has 1 aliphatic rings. The summed E-state index contributed by atoms with van der Waals surface area (Å²) in [7, 11) is 0. The number of thioether (sulfide) groups is 2. The van der Waals surface area contributed by atoms with E-state index in [1.54, 1.807) is 0 Å². The van der Waals surface area contributed by atoms with Gasteiger partial charge in [-0.15, -0.1) is 23.5 Å². The van der Waals surface area contributed by atoms with Crippen molar-refractivity contribution >= 4 is 23.5 Å². The Morgan fingerprint density at radius 1 is 1.88 bits per heavy atom. The number of rotatable bonds is 1. The lowest BCUT2D eigenvalue weighted by Crippen LogP contribution is -2.34. The van der Waals surface area contributed by atoms with Gasteiger partial charge in [0.15, 0.2) is 0 Å². The van der Waals surface area contributed by atoms with Crippen molar-refractivity contribution in [2.75, 3.05) is 17.9 Å². The molecule has 0 amide bonds. The smallest absolute Gasteiger partial charge is 0.0791 e. The molecule has 1 atom stereocenters. The third-order valence-corrected chi connectivity index (χ3v) is 3.37. The van der Waals surface area contributed by atoms with Crippen LogP contribution in [0.3, 0.4) is 0 Å². The van der Waals surface area contributed by atoms with Crippen LogP contribution in [-0.2, 0) is 0 Å². The first-order valence-corrected chi connectivity index (χ1v) is 4.90. The quantitative estimate of drug-likeness (QED) is 0.553. The van der Waals surface area contributed by atoms with Crippen LogP contribution in [-0.4, -0.2) is 28.3 Å². The summed E-state index contributed by atoms with van der Waals surface area (Å²) in [5.41, 5.74) is 0. The normalized spacial score (nSPS) is 31.5. The van der Waals surface area contributed by atoms with E-state index in [-0.39, 0.29) is 0 Å². The lowest BCUT2D eigenvalue weighted by molar-refractivity contribution is 0.348. The van der Waals surface area contributed by atoms with E-state index < -0.39 is 0 Å². The van der Waals surface area contributed by atoms with Crippen molar-refractivity contribution in [3.63, 3.8) is 0 Å². The zero-order valence-corrected chi connectivity index (χ0v) is 6.47. The van der Waals surface area contributed by atoms with Gasteiger partial charge in [0.25, 0.3) is 0 Å². The van der Waals surface area contributed by atoms with Crippen molar-refractivity contribution < 1.29 is 0 Å². The third kappa shape index (κ3) is 1.31. The van der Waals surface area contributed by atoms with Gasteiger partial charge in [0, 0.05) is 5.75 Å². The maximum absolute atomic E-state index is 5.58. The van der Waals surface area contributed by atoms with E-state index in [2.05, 4.69) is 6.26 Å². The Bertz CT molecular complexity index is 78.4. The monoisotopic (exact) mass is 150 g/mol. The van der Waals surface area contributed by atoms with Gasteiger partial charge in [-0.3, -0.25) is 5.84 Å². The molecule has 0 aliphatic carbocycles. The van der Waals surface area contributed by atoms with Gasteiger partial charge in [-0.1, -0.05) is 0 Å². The third-order valence-electron chi connectivity index (χ3n) is 1.14. The molecule has 4 heteroatoms. The van der Waals surface area contributed by atoms with Gasteiger partial charge in [-0.2, -0.15) is 0 Å². The van der Waals surface area contributed by atoms with Crippen molar-refractivity contribution in [1.82, 2.24) is 5.01 Å². The fraction of sp³-hybridized carbons (Fsp3) is 1.00. The molecular weight excluding hydrogens is 140 g/mol. The van der Waals surface area contributed by atoms with E-state index in [4.69, 9.17) is 5.84 Å². The van der Waals surface area contributed by atoms with Crippen LogP contribution in [0.5, 0.6) is 0 Å². The second-order valence-corrected chi connectivity index (χ2v) is 3.72. The average Bonchev–Trinajstić information content (AvgIpc) is 2.14. The number of hydrogen-bond donors (Lipinski definition) is 1. The van der Waals surface area contributed by atoms with Crippen LogP contribution in [0.25, 0.3) is 0 Å². The molecule has 0 saturated carbocycles. The molecule has 0 aromatic rings. The Morgan fingerprint density at radius 3 is 2.88 bits per heavy atom. The zero-order valence-electron chi connectivity index (χ0n) is 4.83. The van der Waals surface area contributed by atoms with E-state index in [1.165, 1.54) is 5.75 Å². The highest BCUT2D eigenvalue weighted by atomic mass is 32.2. The highest BCUT2D eigenvalue weighted by Gasteiger charge is 2.19. The highest BCUT2D eigenvalue weighted by Crippen LogP contribution is 2.23. The van der Waals surface area contributed by atoms with Gasteiger partial charge in [0.1, 0.15) is 0 Å². The summed E-state index contributed by atoms with van der Waals surface area (Å²) in [5.74, 6) is 7.75. The van der Waals surface area contributed by atoms with Gasteiger partial charge < -0.3 is 0 Å². The Hall–Kier alpha value is 0.620. The number of nitrogens with two attached hydrogens (primary N) is 1. The van der Waals surface area contributed by atoms with E-state index in [0.717, 1.165) is 5.88 Å².